The normalized spacial score (nSPS) is 18.7. The summed E-state index contributed by atoms with van der Waals surface area (Å²) in [6.45, 7) is 5.40. The highest BCUT2D eigenvalue weighted by atomic mass is 19.1. The van der Waals surface area contributed by atoms with E-state index in [1.807, 2.05) is 18.2 Å². The van der Waals surface area contributed by atoms with Gasteiger partial charge < -0.3 is 15.0 Å². The van der Waals surface area contributed by atoms with Crippen molar-refractivity contribution in [1.82, 2.24) is 10.2 Å². The molecule has 0 unspecified atom stereocenters. The fourth-order valence-electron chi connectivity index (χ4n) is 4.86. The number of likely N-dealkylation sites (tertiary alicyclic amines) is 1. The molecule has 31 heavy (non-hydrogen) atoms. The van der Waals surface area contributed by atoms with E-state index in [1.165, 1.54) is 32.0 Å². The van der Waals surface area contributed by atoms with E-state index in [2.05, 4.69) is 22.3 Å². The highest BCUT2D eigenvalue weighted by molar-refractivity contribution is 5.83. The molecule has 4 rings (SSSR count). The first kappa shape index (κ1) is 22.0. The Morgan fingerprint density at radius 3 is 2.48 bits per heavy atom. The van der Waals surface area contributed by atoms with Crippen LogP contribution in [-0.2, 0) is 16.0 Å². The molecule has 2 aliphatic rings. The van der Waals surface area contributed by atoms with Crippen molar-refractivity contribution < 1.29 is 13.9 Å². The van der Waals surface area contributed by atoms with Crippen molar-refractivity contribution in [3.05, 3.63) is 59.9 Å². The van der Waals surface area contributed by atoms with Gasteiger partial charge in [0.15, 0.2) is 0 Å². The van der Waals surface area contributed by atoms with Gasteiger partial charge in [0.25, 0.3) is 0 Å². The molecule has 0 radical (unpaired) electrons. The van der Waals surface area contributed by atoms with E-state index in [-0.39, 0.29) is 11.7 Å². The summed E-state index contributed by atoms with van der Waals surface area (Å²) >= 11 is 0. The van der Waals surface area contributed by atoms with Crippen LogP contribution in [-0.4, -0.2) is 50.2 Å². The van der Waals surface area contributed by atoms with Gasteiger partial charge in [-0.05, 0) is 87.0 Å². The van der Waals surface area contributed by atoms with Gasteiger partial charge in [0, 0.05) is 19.8 Å². The summed E-state index contributed by atoms with van der Waals surface area (Å²) in [5.41, 5.74) is 2.50. The molecule has 2 fully saturated rings. The first-order chi connectivity index (χ1) is 15.1. The number of nitrogens with one attached hydrogen (secondary N) is 1. The lowest BCUT2D eigenvalue weighted by Crippen LogP contribution is -2.46. The third kappa shape index (κ3) is 5.72. The summed E-state index contributed by atoms with van der Waals surface area (Å²) < 4.78 is 19.3. The molecular weight excluding hydrogens is 391 g/mol. The predicted molar refractivity (Wildman–Crippen MR) is 121 cm³/mol. The number of halogens is 1. The molecule has 0 bridgehead atoms. The van der Waals surface area contributed by atoms with Gasteiger partial charge in [0.2, 0.25) is 5.91 Å². The van der Waals surface area contributed by atoms with Gasteiger partial charge in [-0.2, -0.15) is 0 Å². The Hall–Kier alpha value is -2.24. The first-order valence-corrected chi connectivity index (χ1v) is 11.6. The van der Waals surface area contributed by atoms with Crippen LogP contribution < -0.4 is 5.32 Å². The van der Waals surface area contributed by atoms with E-state index in [0.717, 1.165) is 49.0 Å². The van der Waals surface area contributed by atoms with Crippen LogP contribution in [0.4, 0.5) is 4.39 Å². The van der Waals surface area contributed by atoms with E-state index >= 15 is 0 Å². The molecule has 2 aliphatic heterocycles. The second kappa shape index (κ2) is 10.4. The van der Waals surface area contributed by atoms with Crippen molar-refractivity contribution in [1.29, 1.82) is 0 Å². The molecule has 1 N–H and O–H groups in total. The minimum absolute atomic E-state index is 0.147. The van der Waals surface area contributed by atoms with Crippen molar-refractivity contribution >= 4 is 5.91 Å². The summed E-state index contributed by atoms with van der Waals surface area (Å²) in [5, 5.41) is 3.22. The van der Waals surface area contributed by atoms with Crippen LogP contribution in [0.1, 0.15) is 37.7 Å². The number of hydrogen-bond acceptors (Lipinski definition) is 3. The highest BCUT2D eigenvalue weighted by Crippen LogP contribution is 2.35. The zero-order chi connectivity index (χ0) is 21.5. The maximum Gasteiger partial charge on any atom is 0.226 e. The van der Waals surface area contributed by atoms with Crippen molar-refractivity contribution in [3.63, 3.8) is 0 Å². The molecule has 4 nitrogen and oxygen atoms in total. The van der Waals surface area contributed by atoms with Crippen molar-refractivity contribution in [3.8, 4) is 11.1 Å². The van der Waals surface area contributed by atoms with Crippen LogP contribution in [0.15, 0.2) is 48.5 Å². The van der Waals surface area contributed by atoms with Crippen LogP contribution in [0, 0.1) is 11.2 Å². The Morgan fingerprint density at radius 1 is 1.03 bits per heavy atom. The fraction of sp³-hybridized carbons (Fsp3) is 0.500. The quantitative estimate of drug-likeness (QED) is 0.638. The largest absolute Gasteiger partial charge is 0.381 e. The molecule has 0 aromatic heterocycles. The van der Waals surface area contributed by atoms with E-state index < -0.39 is 5.41 Å². The average molecular weight is 425 g/mol. The van der Waals surface area contributed by atoms with Crippen LogP contribution in [0.2, 0.25) is 0 Å². The summed E-state index contributed by atoms with van der Waals surface area (Å²) in [4.78, 5) is 15.8. The lowest BCUT2D eigenvalue weighted by molar-refractivity contribution is -0.136. The number of rotatable bonds is 8. The maximum absolute atomic E-state index is 13.7. The molecular formula is C26H33FN2O2. The summed E-state index contributed by atoms with van der Waals surface area (Å²) in [7, 11) is 0. The Bertz CT molecular complexity index is 873. The van der Waals surface area contributed by atoms with Gasteiger partial charge in [-0.1, -0.05) is 36.4 Å². The number of benzene rings is 2. The van der Waals surface area contributed by atoms with Gasteiger partial charge in [-0.15, -0.1) is 0 Å². The van der Waals surface area contributed by atoms with Crippen molar-refractivity contribution in [2.75, 3.05) is 39.4 Å². The van der Waals surface area contributed by atoms with E-state index in [1.54, 1.807) is 12.1 Å². The first-order valence-electron chi connectivity index (χ1n) is 11.6. The molecule has 1 amide bonds. The second-order valence-corrected chi connectivity index (χ2v) is 8.94. The zero-order valence-electron chi connectivity index (χ0n) is 18.2. The van der Waals surface area contributed by atoms with Gasteiger partial charge in [-0.25, -0.2) is 4.39 Å². The summed E-state index contributed by atoms with van der Waals surface area (Å²) in [5.74, 6) is -0.0921. The van der Waals surface area contributed by atoms with Crippen LogP contribution >= 0.6 is 0 Å². The summed E-state index contributed by atoms with van der Waals surface area (Å²) in [6.07, 6.45) is 5.73. The number of hydrogen-bond donors (Lipinski definition) is 1. The van der Waals surface area contributed by atoms with Crippen LogP contribution in [0.3, 0.4) is 0 Å². The van der Waals surface area contributed by atoms with Gasteiger partial charge >= 0.3 is 0 Å². The lowest BCUT2D eigenvalue weighted by Gasteiger charge is -2.36. The number of carbonyl (C=O) groups is 1. The highest BCUT2D eigenvalue weighted by Gasteiger charge is 2.40. The SMILES string of the molecule is O=C(NCCCN1CCCC1)C1(Cc2cccc(-c3cccc(F)c3)c2)CCOCC1. The smallest absolute Gasteiger partial charge is 0.226 e. The van der Waals surface area contributed by atoms with E-state index in [4.69, 9.17) is 4.74 Å². The molecule has 2 aromatic carbocycles. The third-order valence-electron chi connectivity index (χ3n) is 6.69. The molecule has 0 saturated carbocycles. The number of carbonyl (C=O) groups excluding carboxylic acids is 1. The Balaban J connectivity index is 1.42. The standard InChI is InChI=1S/C26H33FN2O2/c27-24-9-4-8-23(19-24)22-7-3-6-21(18-22)20-26(10-16-31-17-11-26)25(30)28-12-5-15-29-13-1-2-14-29/h3-4,6-9,18-19H,1-2,5,10-17,20H2,(H,28,30). The molecule has 0 spiro atoms. The van der Waals surface area contributed by atoms with Crippen molar-refractivity contribution in [2.24, 2.45) is 5.41 Å². The molecule has 0 atom stereocenters. The predicted octanol–water partition coefficient (Wildman–Crippen LogP) is 4.43. The fourth-order valence-corrected chi connectivity index (χ4v) is 4.86. The minimum atomic E-state index is -0.438. The summed E-state index contributed by atoms with van der Waals surface area (Å²) in [6, 6.07) is 14.8. The second-order valence-electron chi connectivity index (χ2n) is 8.94. The monoisotopic (exact) mass is 424 g/mol. The Morgan fingerprint density at radius 2 is 1.74 bits per heavy atom. The molecule has 5 heteroatoms. The molecule has 2 aromatic rings. The lowest BCUT2D eigenvalue weighted by atomic mass is 9.74. The molecule has 166 valence electrons. The number of nitrogens with zero attached hydrogens (tertiary/aromatic N) is 1. The molecule has 2 heterocycles. The van der Waals surface area contributed by atoms with Crippen LogP contribution in [0.5, 0.6) is 0 Å². The van der Waals surface area contributed by atoms with E-state index in [9.17, 15) is 9.18 Å². The minimum Gasteiger partial charge on any atom is -0.381 e. The molecule has 2 saturated heterocycles. The third-order valence-corrected chi connectivity index (χ3v) is 6.69. The number of ether oxygens (including phenoxy) is 1. The maximum atomic E-state index is 13.7. The average Bonchev–Trinajstić information content (AvgIpc) is 3.31. The van der Waals surface area contributed by atoms with Crippen LogP contribution in [0.25, 0.3) is 11.1 Å². The number of amides is 1. The van der Waals surface area contributed by atoms with E-state index in [0.29, 0.717) is 19.6 Å². The van der Waals surface area contributed by atoms with Gasteiger partial charge in [0.05, 0.1) is 5.41 Å². The Kier molecular flexibility index (Phi) is 7.36. The van der Waals surface area contributed by atoms with Gasteiger partial charge in [0.1, 0.15) is 5.82 Å². The van der Waals surface area contributed by atoms with Crippen molar-refractivity contribution in [2.45, 2.75) is 38.5 Å². The Labute approximate surface area is 184 Å². The van der Waals surface area contributed by atoms with Gasteiger partial charge in [-0.3, -0.25) is 4.79 Å². The topological polar surface area (TPSA) is 41.6 Å². The molecule has 0 aliphatic carbocycles. The zero-order valence-corrected chi connectivity index (χ0v) is 18.2.